The molecule has 1 N–H and O–H groups in total. The van der Waals surface area contributed by atoms with E-state index in [4.69, 9.17) is 4.74 Å². The van der Waals surface area contributed by atoms with Crippen molar-refractivity contribution in [3.63, 3.8) is 0 Å². The fourth-order valence-corrected chi connectivity index (χ4v) is 3.32. The fourth-order valence-electron chi connectivity index (χ4n) is 2.11. The number of ketones is 1. The number of nitrogens with one attached hydrogen (secondary N) is 1. The van der Waals surface area contributed by atoms with Crippen LogP contribution in [0.4, 0.5) is 4.39 Å². The van der Waals surface area contributed by atoms with Crippen LogP contribution >= 0.6 is 0 Å². The summed E-state index contributed by atoms with van der Waals surface area (Å²) < 4.78 is 45.2. The highest BCUT2D eigenvalue weighted by Crippen LogP contribution is 2.27. The first kappa shape index (κ1) is 18.1. The SMILES string of the molecule is COc1cc(C)c(C)cc1S(=O)(=O)NCC(=O)c1ccc(F)cc1. The van der Waals surface area contributed by atoms with Gasteiger partial charge in [0.25, 0.3) is 0 Å². The fraction of sp³-hybridized carbons (Fsp3) is 0.235. The Bertz CT molecular complexity index is 861. The van der Waals surface area contributed by atoms with E-state index in [1.807, 2.05) is 6.92 Å². The van der Waals surface area contributed by atoms with E-state index in [9.17, 15) is 17.6 Å². The highest BCUT2D eigenvalue weighted by Gasteiger charge is 2.21. The van der Waals surface area contributed by atoms with Gasteiger partial charge in [0, 0.05) is 5.56 Å². The Morgan fingerprint density at radius 2 is 1.71 bits per heavy atom. The van der Waals surface area contributed by atoms with Gasteiger partial charge in [0.15, 0.2) is 5.78 Å². The minimum atomic E-state index is -3.92. The van der Waals surface area contributed by atoms with Crippen LogP contribution in [-0.2, 0) is 10.0 Å². The summed E-state index contributed by atoms with van der Waals surface area (Å²) in [6, 6.07) is 8.04. The Hall–Kier alpha value is -2.25. The predicted molar refractivity (Wildman–Crippen MR) is 88.4 cm³/mol. The summed E-state index contributed by atoms with van der Waals surface area (Å²) in [4.78, 5) is 12.0. The number of carbonyl (C=O) groups is 1. The van der Waals surface area contributed by atoms with Gasteiger partial charge in [0.1, 0.15) is 16.5 Å². The van der Waals surface area contributed by atoms with Crippen molar-refractivity contribution in [3.05, 3.63) is 58.9 Å². The van der Waals surface area contributed by atoms with Gasteiger partial charge in [-0.25, -0.2) is 17.5 Å². The summed E-state index contributed by atoms with van der Waals surface area (Å²) in [6.45, 7) is 3.21. The summed E-state index contributed by atoms with van der Waals surface area (Å²) in [5, 5.41) is 0. The van der Waals surface area contributed by atoms with Crippen molar-refractivity contribution in [1.29, 1.82) is 0 Å². The smallest absolute Gasteiger partial charge is 0.244 e. The molecule has 2 rings (SSSR count). The van der Waals surface area contributed by atoms with Gasteiger partial charge in [-0.3, -0.25) is 4.79 Å². The minimum Gasteiger partial charge on any atom is -0.495 e. The molecule has 0 aromatic heterocycles. The van der Waals surface area contributed by atoms with E-state index in [-0.39, 0.29) is 16.2 Å². The van der Waals surface area contributed by atoms with Crippen LogP contribution in [0.1, 0.15) is 21.5 Å². The molecule has 0 radical (unpaired) electrons. The first-order valence-electron chi connectivity index (χ1n) is 7.18. The molecule has 7 heteroatoms. The number of ether oxygens (including phenoxy) is 1. The quantitative estimate of drug-likeness (QED) is 0.812. The second kappa shape index (κ2) is 7.11. The monoisotopic (exact) mass is 351 g/mol. The molecule has 0 spiro atoms. The lowest BCUT2D eigenvalue weighted by Gasteiger charge is -2.13. The maximum absolute atomic E-state index is 12.9. The van der Waals surface area contributed by atoms with Crippen molar-refractivity contribution < 1.29 is 22.3 Å². The summed E-state index contributed by atoms with van der Waals surface area (Å²) in [7, 11) is -2.54. The standard InChI is InChI=1S/C17H18FNO4S/c1-11-8-16(23-3)17(9-12(11)2)24(21,22)19-10-15(20)13-4-6-14(18)7-5-13/h4-9,19H,10H2,1-3H3. The van der Waals surface area contributed by atoms with Crippen LogP contribution in [0.2, 0.25) is 0 Å². The average molecular weight is 351 g/mol. The third kappa shape index (κ3) is 3.98. The van der Waals surface area contributed by atoms with Gasteiger partial charge in [0.05, 0.1) is 13.7 Å². The average Bonchev–Trinajstić information content (AvgIpc) is 2.55. The zero-order valence-electron chi connectivity index (χ0n) is 13.6. The Kier molecular flexibility index (Phi) is 5.36. The lowest BCUT2D eigenvalue weighted by atomic mass is 10.1. The molecule has 128 valence electrons. The Balaban J connectivity index is 2.21. The Morgan fingerprint density at radius 3 is 2.29 bits per heavy atom. The van der Waals surface area contributed by atoms with Gasteiger partial charge >= 0.3 is 0 Å². The van der Waals surface area contributed by atoms with Crippen LogP contribution in [0.3, 0.4) is 0 Å². The van der Waals surface area contributed by atoms with Gasteiger partial charge in [-0.1, -0.05) is 0 Å². The lowest BCUT2D eigenvalue weighted by Crippen LogP contribution is -2.30. The largest absolute Gasteiger partial charge is 0.495 e. The summed E-state index contributed by atoms with van der Waals surface area (Å²) in [5.41, 5.74) is 1.92. The summed E-state index contributed by atoms with van der Waals surface area (Å²) in [5.74, 6) is -0.715. The number of hydrogen-bond acceptors (Lipinski definition) is 4. The number of aryl methyl sites for hydroxylation is 2. The molecule has 2 aromatic carbocycles. The van der Waals surface area contributed by atoms with E-state index in [1.165, 1.54) is 25.3 Å². The number of hydrogen-bond donors (Lipinski definition) is 1. The van der Waals surface area contributed by atoms with Crippen molar-refractivity contribution in [1.82, 2.24) is 4.72 Å². The van der Waals surface area contributed by atoms with Gasteiger partial charge in [-0.2, -0.15) is 0 Å². The third-order valence-corrected chi connectivity index (χ3v) is 5.08. The predicted octanol–water partition coefficient (Wildman–Crippen LogP) is 2.61. The molecule has 0 heterocycles. The molecule has 2 aromatic rings. The summed E-state index contributed by atoms with van der Waals surface area (Å²) in [6.07, 6.45) is 0. The van der Waals surface area contributed by atoms with Crippen LogP contribution in [-0.4, -0.2) is 27.9 Å². The zero-order chi connectivity index (χ0) is 17.9. The van der Waals surface area contributed by atoms with E-state index in [0.29, 0.717) is 0 Å². The molecule has 0 bridgehead atoms. The molecule has 0 atom stereocenters. The normalized spacial score (nSPS) is 11.3. The van der Waals surface area contributed by atoms with Crippen LogP contribution in [0, 0.1) is 19.7 Å². The number of sulfonamides is 1. The molecule has 5 nitrogen and oxygen atoms in total. The number of Topliss-reactive ketones (excluding diaryl/α,β-unsaturated/α-hetero) is 1. The zero-order valence-corrected chi connectivity index (χ0v) is 14.4. The maximum atomic E-state index is 12.9. The van der Waals surface area contributed by atoms with Gasteiger partial charge in [0.2, 0.25) is 10.0 Å². The van der Waals surface area contributed by atoms with Gasteiger partial charge < -0.3 is 4.74 Å². The Morgan fingerprint density at radius 1 is 1.12 bits per heavy atom. The van der Waals surface area contributed by atoms with E-state index >= 15 is 0 Å². The van der Waals surface area contributed by atoms with Crippen molar-refractivity contribution in [2.75, 3.05) is 13.7 Å². The maximum Gasteiger partial charge on any atom is 0.244 e. The van der Waals surface area contributed by atoms with Crippen molar-refractivity contribution in [2.45, 2.75) is 18.7 Å². The number of carbonyl (C=O) groups excluding carboxylic acids is 1. The lowest BCUT2D eigenvalue weighted by molar-refractivity contribution is 0.0997. The second-order valence-electron chi connectivity index (χ2n) is 5.34. The molecule has 24 heavy (non-hydrogen) atoms. The van der Waals surface area contributed by atoms with E-state index in [2.05, 4.69) is 4.72 Å². The molecular weight excluding hydrogens is 333 g/mol. The molecule has 0 saturated heterocycles. The third-order valence-electron chi connectivity index (χ3n) is 3.66. The van der Waals surface area contributed by atoms with Gasteiger partial charge in [-0.05, 0) is 61.4 Å². The van der Waals surface area contributed by atoms with Crippen molar-refractivity contribution >= 4 is 15.8 Å². The molecule has 0 saturated carbocycles. The van der Waals surface area contributed by atoms with E-state index in [1.54, 1.807) is 13.0 Å². The van der Waals surface area contributed by atoms with Crippen molar-refractivity contribution in [2.24, 2.45) is 0 Å². The highest BCUT2D eigenvalue weighted by molar-refractivity contribution is 7.89. The first-order chi connectivity index (χ1) is 11.2. The molecule has 0 unspecified atom stereocenters. The number of rotatable bonds is 6. The molecule has 0 aliphatic heterocycles. The molecule has 0 aliphatic rings. The number of methoxy groups -OCH3 is 1. The second-order valence-corrected chi connectivity index (χ2v) is 7.08. The minimum absolute atomic E-state index is 0.0278. The van der Waals surface area contributed by atoms with Crippen molar-refractivity contribution in [3.8, 4) is 5.75 Å². The van der Waals surface area contributed by atoms with E-state index in [0.717, 1.165) is 23.3 Å². The first-order valence-corrected chi connectivity index (χ1v) is 8.66. The van der Waals surface area contributed by atoms with Crippen LogP contribution in [0.5, 0.6) is 5.75 Å². The highest BCUT2D eigenvalue weighted by atomic mass is 32.2. The van der Waals surface area contributed by atoms with Crippen LogP contribution in [0.15, 0.2) is 41.3 Å². The van der Waals surface area contributed by atoms with Gasteiger partial charge in [-0.15, -0.1) is 0 Å². The molecule has 0 fully saturated rings. The van der Waals surface area contributed by atoms with E-state index < -0.39 is 28.2 Å². The number of benzene rings is 2. The molecule has 0 amide bonds. The van der Waals surface area contributed by atoms with Crippen LogP contribution in [0.25, 0.3) is 0 Å². The Labute approximate surface area is 140 Å². The molecular formula is C17H18FNO4S. The topological polar surface area (TPSA) is 72.5 Å². The van der Waals surface area contributed by atoms with Crippen LogP contribution < -0.4 is 9.46 Å². The summed E-state index contributed by atoms with van der Waals surface area (Å²) >= 11 is 0. The number of halogens is 1. The molecule has 0 aliphatic carbocycles.